The molecule has 0 amide bonds. The van der Waals surface area contributed by atoms with Gasteiger partial charge in [0.05, 0.1) is 0 Å². The molecule has 3 heteroatoms. The second-order valence-corrected chi connectivity index (χ2v) is 2.70. The van der Waals surface area contributed by atoms with Gasteiger partial charge in [0.25, 0.3) is 0 Å². The van der Waals surface area contributed by atoms with Crippen molar-refractivity contribution >= 4 is 15.9 Å². The Morgan fingerprint density at radius 1 is 1.60 bits per heavy atom. The molecule has 0 heterocycles. The van der Waals surface area contributed by atoms with E-state index in [0.717, 1.165) is 5.57 Å². The van der Waals surface area contributed by atoms with Gasteiger partial charge in [-0.2, -0.15) is 0 Å². The van der Waals surface area contributed by atoms with E-state index in [1.54, 1.807) is 6.08 Å². The first kappa shape index (κ1) is 9.46. The van der Waals surface area contributed by atoms with Gasteiger partial charge in [-0.3, -0.25) is 0 Å². The van der Waals surface area contributed by atoms with Crippen molar-refractivity contribution in [2.75, 3.05) is 6.54 Å². The zero-order valence-corrected chi connectivity index (χ0v) is 7.32. The Morgan fingerprint density at radius 3 is 2.20 bits per heavy atom. The Kier molecular flexibility index (Phi) is 4.07. The second-order valence-electron chi connectivity index (χ2n) is 1.75. The van der Waals surface area contributed by atoms with Gasteiger partial charge in [0.2, 0.25) is 0 Å². The summed E-state index contributed by atoms with van der Waals surface area (Å²) in [4.78, 5) is 0. The fraction of sp³-hybridized carbons (Fsp3) is 0.143. The molecule has 0 saturated carbocycles. The third kappa shape index (κ3) is 2.37. The fourth-order valence-electron chi connectivity index (χ4n) is 0.508. The fourth-order valence-corrected chi connectivity index (χ4v) is 0.899. The highest BCUT2D eigenvalue weighted by Gasteiger charge is 1.99. The van der Waals surface area contributed by atoms with Crippen molar-refractivity contribution in [2.24, 2.45) is 11.5 Å². The minimum atomic E-state index is 0.377. The van der Waals surface area contributed by atoms with E-state index in [-0.39, 0.29) is 0 Å². The molecule has 0 rings (SSSR count). The molecule has 0 spiro atoms. The van der Waals surface area contributed by atoms with Gasteiger partial charge in [-0.15, -0.1) is 0 Å². The zero-order valence-electron chi connectivity index (χ0n) is 5.73. The molecule has 0 aliphatic carbocycles. The van der Waals surface area contributed by atoms with Crippen molar-refractivity contribution in [1.29, 1.82) is 0 Å². The summed E-state index contributed by atoms with van der Waals surface area (Å²) in [5, 5.41) is 0. The van der Waals surface area contributed by atoms with Crippen molar-refractivity contribution < 1.29 is 0 Å². The maximum Gasteiger partial charge on any atom is 0.0364 e. The van der Waals surface area contributed by atoms with Crippen molar-refractivity contribution in [2.45, 2.75) is 0 Å². The van der Waals surface area contributed by atoms with E-state index >= 15 is 0 Å². The van der Waals surface area contributed by atoms with E-state index in [4.69, 9.17) is 11.5 Å². The number of rotatable bonds is 3. The molecule has 0 unspecified atom stereocenters. The van der Waals surface area contributed by atoms with Crippen LogP contribution in [0.1, 0.15) is 0 Å². The highest BCUT2D eigenvalue weighted by molar-refractivity contribution is 9.11. The SMILES string of the molecule is C=C/C(N)=C(/CN)C(=C)Br. The maximum absolute atomic E-state index is 5.52. The monoisotopic (exact) mass is 202 g/mol. The van der Waals surface area contributed by atoms with Crippen LogP contribution in [-0.4, -0.2) is 6.54 Å². The molecule has 0 fully saturated rings. The number of halogens is 1. The van der Waals surface area contributed by atoms with Crippen LogP contribution in [0.3, 0.4) is 0 Å². The van der Waals surface area contributed by atoms with Crippen molar-refractivity contribution in [3.8, 4) is 0 Å². The van der Waals surface area contributed by atoms with Crippen LogP contribution in [-0.2, 0) is 0 Å². The molecule has 0 aromatic heterocycles. The van der Waals surface area contributed by atoms with Crippen LogP contribution in [0.2, 0.25) is 0 Å². The summed E-state index contributed by atoms with van der Waals surface area (Å²) in [6.45, 7) is 7.53. The topological polar surface area (TPSA) is 52.0 Å². The van der Waals surface area contributed by atoms with Gasteiger partial charge in [0.15, 0.2) is 0 Å². The standard InChI is InChI=1S/C7H11BrN2/c1-3-7(10)6(4-9)5(2)8/h3H,1-2,4,9-10H2/b7-6+. The average Bonchev–Trinajstić information content (AvgIpc) is 1.88. The molecular formula is C7H11BrN2. The smallest absolute Gasteiger partial charge is 0.0364 e. The van der Waals surface area contributed by atoms with Gasteiger partial charge in [-0.25, -0.2) is 0 Å². The Hall–Kier alpha value is -0.540. The zero-order chi connectivity index (χ0) is 8.15. The number of hydrogen-bond acceptors (Lipinski definition) is 2. The van der Waals surface area contributed by atoms with Crippen LogP contribution in [0.4, 0.5) is 0 Å². The Bertz CT molecular complexity index is 182. The summed E-state index contributed by atoms with van der Waals surface area (Å²) in [7, 11) is 0. The molecule has 0 aromatic rings. The second kappa shape index (κ2) is 4.30. The lowest BCUT2D eigenvalue weighted by atomic mass is 10.2. The Labute approximate surface area is 69.4 Å². The van der Waals surface area contributed by atoms with Crippen molar-refractivity contribution in [3.05, 3.63) is 35.0 Å². The molecule has 10 heavy (non-hydrogen) atoms. The first-order valence-electron chi connectivity index (χ1n) is 2.79. The minimum Gasteiger partial charge on any atom is -0.398 e. The number of allylic oxidation sites excluding steroid dienone is 1. The van der Waals surface area contributed by atoms with Gasteiger partial charge >= 0.3 is 0 Å². The lowest BCUT2D eigenvalue weighted by Gasteiger charge is -2.03. The molecule has 0 atom stereocenters. The lowest BCUT2D eigenvalue weighted by Crippen LogP contribution is -2.09. The molecule has 0 saturated heterocycles. The van der Waals surface area contributed by atoms with Crippen LogP contribution in [0.5, 0.6) is 0 Å². The normalized spacial score (nSPS) is 12.2. The van der Waals surface area contributed by atoms with E-state index in [2.05, 4.69) is 29.1 Å². The van der Waals surface area contributed by atoms with Crippen molar-refractivity contribution in [3.63, 3.8) is 0 Å². The highest BCUT2D eigenvalue weighted by atomic mass is 79.9. The summed E-state index contributed by atoms with van der Waals surface area (Å²) in [5.74, 6) is 0. The lowest BCUT2D eigenvalue weighted by molar-refractivity contribution is 1.14. The molecule has 4 N–H and O–H groups in total. The molecule has 0 aliphatic rings. The van der Waals surface area contributed by atoms with Gasteiger partial charge in [0.1, 0.15) is 0 Å². The first-order valence-corrected chi connectivity index (χ1v) is 3.58. The predicted octanol–water partition coefficient (Wildman–Crippen LogP) is 1.25. The van der Waals surface area contributed by atoms with Crippen LogP contribution < -0.4 is 11.5 Å². The molecule has 2 nitrogen and oxygen atoms in total. The molecular weight excluding hydrogens is 192 g/mol. The van der Waals surface area contributed by atoms with Crippen LogP contribution in [0.15, 0.2) is 35.0 Å². The van der Waals surface area contributed by atoms with Gasteiger partial charge in [-0.1, -0.05) is 29.1 Å². The van der Waals surface area contributed by atoms with E-state index in [1.807, 2.05) is 0 Å². The van der Waals surface area contributed by atoms with E-state index < -0.39 is 0 Å². The Balaban J connectivity index is 4.62. The van der Waals surface area contributed by atoms with Gasteiger partial charge in [-0.05, 0) is 6.08 Å². The summed E-state index contributed by atoms with van der Waals surface area (Å²) < 4.78 is 0.715. The molecule has 0 aliphatic heterocycles. The van der Waals surface area contributed by atoms with Crippen molar-refractivity contribution in [1.82, 2.24) is 0 Å². The maximum atomic E-state index is 5.52. The summed E-state index contributed by atoms with van der Waals surface area (Å²) >= 11 is 3.18. The number of hydrogen-bond donors (Lipinski definition) is 2. The third-order valence-electron chi connectivity index (χ3n) is 1.10. The quantitative estimate of drug-likeness (QED) is 0.678. The molecule has 0 aromatic carbocycles. The number of nitrogens with two attached hydrogens (primary N) is 2. The summed E-state index contributed by atoms with van der Waals surface area (Å²) in [6, 6.07) is 0. The molecule has 56 valence electrons. The Morgan fingerprint density at radius 2 is 2.10 bits per heavy atom. The summed E-state index contributed by atoms with van der Waals surface area (Å²) in [5.41, 5.74) is 12.3. The van der Waals surface area contributed by atoms with Gasteiger partial charge in [0, 0.05) is 22.3 Å². The van der Waals surface area contributed by atoms with Crippen LogP contribution in [0, 0.1) is 0 Å². The highest BCUT2D eigenvalue weighted by Crippen LogP contribution is 2.15. The van der Waals surface area contributed by atoms with E-state index in [0.29, 0.717) is 16.7 Å². The first-order chi connectivity index (χ1) is 4.63. The largest absolute Gasteiger partial charge is 0.398 e. The third-order valence-corrected chi connectivity index (χ3v) is 1.58. The minimum absolute atomic E-state index is 0.377. The van der Waals surface area contributed by atoms with E-state index in [9.17, 15) is 0 Å². The van der Waals surface area contributed by atoms with Gasteiger partial charge < -0.3 is 11.5 Å². The molecule has 0 radical (unpaired) electrons. The van der Waals surface area contributed by atoms with Crippen LogP contribution >= 0.6 is 15.9 Å². The predicted molar refractivity (Wildman–Crippen MR) is 48.5 cm³/mol. The summed E-state index contributed by atoms with van der Waals surface area (Å²) in [6.07, 6.45) is 1.55. The molecule has 0 bridgehead atoms. The average molecular weight is 203 g/mol. The van der Waals surface area contributed by atoms with E-state index in [1.165, 1.54) is 0 Å². The van der Waals surface area contributed by atoms with Crippen LogP contribution in [0.25, 0.3) is 0 Å².